The van der Waals surface area contributed by atoms with Crippen molar-refractivity contribution in [2.45, 2.75) is 38.4 Å². The van der Waals surface area contributed by atoms with Gasteiger partial charge in [0.25, 0.3) is 0 Å². The fourth-order valence-electron chi connectivity index (χ4n) is 3.93. The number of benzene rings is 2. The molecule has 0 aliphatic heterocycles. The van der Waals surface area contributed by atoms with Gasteiger partial charge in [0.05, 0.1) is 24.5 Å². The summed E-state index contributed by atoms with van der Waals surface area (Å²) in [7, 11) is 1.33. The predicted molar refractivity (Wildman–Crippen MR) is 161 cm³/mol. The Morgan fingerprint density at radius 1 is 1.12 bits per heavy atom. The van der Waals surface area contributed by atoms with Gasteiger partial charge >= 0.3 is 5.97 Å². The van der Waals surface area contributed by atoms with Gasteiger partial charge in [-0.25, -0.2) is 4.79 Å². The van der Waals surface area contributed by atoms with E-state index in [0.29, 0.717) is 57.5 Å². The molecule has 0 saturated heterocycles. The second-order valence-electron chi connectivity index (χ2n) is 8.72. The van der Waals surface area contributed by atoms with Crippen molar-refractivity contribution >= 4 is 63.2 Å². The molecule has 4 rings (SSSR count). The molecule has 0 saturated carbocycles. The Bertz CT molecular complexity index is 1490. The van der Waals surface area contributed by atoms with Gasteiger partial charge in [-0.15, -0.1) is 21.5 Å². The highest BCUT2D eigenvalue weighted by Crippen LogP contribution is 2.36. The molecule has 2 aromatic heterocycles. The van der Waals surface area contributed by atoms with Crippen LogP contribution in [-0.2, 0) is 22.5 Å². The summed E-state index contributed by atoms with van der Waals surface area (Å²) in [5.74, 6) is 0.738. The summed E-state index contributed by atoms with van der Waals surface area (Å²) in [5.41, 5.74) is 3.05. The zero-order valence-electron chi connectivity index (χ0n) is 22.2. The van der Waals surface area contributed by atoms with E-state index in [1.807, 2.05) is 48.1 Å². The van der Waals surface area contributed by atoms with E-state index in [-0.39, 0.29) is 11.7 Å². The molecule has 1 N–H and O–H groups in total. The normalized spacial score (nSPS) is 10.9. The third kappa shape index (κ3) is 7.37. The lowest BCUT2D eigenvalue weighted by Crippen LogP contribution is -2.16. The molecule has 0 spiro atoms. The molecule has 0 fully saturated rings. The molecule has 0 bridgehead atoms. The van der Waals surface area contributed by atoms with Crippen molar-refractivity contribution in [2.75, 3.05) is 24.8 Å². The number of rotatable bonds is 12. The van der Waals surface area contributed by atoms with Gasteiger partial charge in [-0.3, -0.25) is 4.79 Å². The fourth-order valence-corrected chi connectivity index (χ4v) is 6.18. The Balaban J connectivity index is 1.35. The van der Waals surface area contributed by atoms with Crippen molar-refractivity contribution in [2.24, 2.45) is 0 Å². The van der Waals surface area contributed by atoms with Gasteiger partial charge in [-0.05, 0) is 44.0 Å². The Kier molecular flexibility index (Phi) is 10.5. The van der Waals surface area contributed by atoms with Crippen LogP contribution in [0.2, 0.25) is 10.0 Å². The predicted octanol–water partition coefficient (Wildman–Crippen LogP) is 7.17. The van der Waals surface area contributed by atoms with Crippen LogP contribution in [0.1, 0.15) is 35.1 Å². The highest BCUT2D eigenvalue weighted by Gasteiger charge is 2.23. The smallest absolute Gasteiger partial charge is 0.341 e. The number of aryl methyl sites for hydroxylation is 2. The Hall–Kier alpha value is -3.05. The number of thiophene rings is 1. The third-order valence-corrected chi connectivity index (χ3v) is 8.33. The number of hydrogen-bond acceptors (Lipinski definition) is 8. The van der Waals surface area contributed by atoms with Gasteiger partial charge in [-0.1, -0.05) is 64.8 Å². The summed E-state index contributed by atoms with van der Waals surface area (Å²) in [6, 6.07) is 13.0. The number of ether oxygens (including phenoxy) is 2. The Morgan fingerprint density at radius 2 is 1.90 bits per heavy atom. The van der Waals surface area contributed by atoms with E-state index in [9.17, 15) is 9.59 Å². The topological polar surface area (TPSA) is 95.3 Å². The number of esters is 1. The number of thioether (sulfide) groups is 1. The second-order valence-corrected chi connectivity index (χ2v) is 11.4. The van der Waals surface area contributed by atoms with Crippen LogP contribution in [0.4, 0.5) is 5.00 Å². The minimum Gasteiger partial charge on any atom is -0.492 e. The minimum atomic E-state index is -0.502. The van der Waals surface area contributed by atoms with Crippen LogP contribution in [0.3, 0.4) is 0 Å². The minimum absolute atomic E-state index is 0.106. The zero-order chi connectivity index (χ0) is 28.6. The average Bonchev–Trinajstić information content (AvgIpc) is 3.54. The average molecular weight is 620 g/mol. The molecule has 0 aliphatic rings. The fraction of sp³-hybridized carbons (Fsp3) is 0.286. The summed E-state index contributed by atoms with van der Waals surface area (Å²) in [5, 5.41) is 15.4. The third-order valence-electron chi connectivity index (χ3n) is 5.93. The van der Waals surface area contributed by atoms with Crippen molar-refractivity contribution < 1.29 is 19.1 Å². The van der Waals surface area contributed by atoms with Gasteiger partial charge in [0, 0.05) is 28.9 Å². The van der Waals surface area contributed by atoms with E-state index in [1.165, 1.54) is 30.2 Å². The van der Waals surface area contributed by atoms with Gasteiger partial charge in [0.2, 0.25) is 5.91 Å². The lowest BCUT2D eigenvalue weighted by molar-refractivity contribution is -0.113. The Morgan fingerprint density at radius 3 is 2.60 bits per heavy atom. The first-order valence-corrected chi connectivity index (χ1v) is 15.1. The molecule has 210 valence electrons. The maximum atomic E-state index is 12.9. The largest absolute Gasteiger partial charge is 0.492 e. The maximum Gasteiger partial charge on any atom is 0.341 e. The van der Waals surface area contributed by atoms with Crippen LogP contribution in [0.5, 0.6) is 5.75 Å². The molecule has 0 aliphatic carbocycles. The number of carbonyl (C=O) groups is 2. The highest BCUT2D eigenvalue weighted by molar-refractivity contribution is 7.99. The van der Waals surface area contributed by atoms with E-state index >= 15 is 0 Å². The van der Waals surface area contributed by atoms with E-state index in [1.54, 1.807) is 18.2 Å². The highest BCUT2D eigenvalue weighted by atomic mass is 35.5. The summed E-state index contributed by atoms with van der Waals surface area (Å²) < 4.78 is 12.8. The summed E-state index contributed by atoms with van der Waals surface area (Å²) in [6.45, 7) is 5.12. The maximum absolute atomic E-state index is 12.9. The number of carbonyl (C=O) groups excluding carboxylic acids is 2. The van der Waals surface area contributed by atoms with Crippen LogP contribution in [-0.4, -0.2) is 46.1 Å². The number of methoxy groups -OCH3 is 1. The molecule has 0 unspecified atom stereocenters. The second kappa shape index (κ2) is 14.0. The van der Waals surface area contributed by atoms with Crippen LogP contribution in [0, 0.1) is 6.92 Å². The molecule has 2 aromatic carbocycles. The van der Waals surface area contributed by atoms with Crippen molar-refractivity contribution in [3.8, 4) is 16.9 Å². The summed E-state index contributed by atoms with van der Waals surface area (Å²) >= 11 is 14.7. The Labute approximate surface area is 251 Å². The first-order chi connectivity index (χ1) is 19.3. The molecular weight excluding hydrogens is 591 g/mol. The van der Waals surface area contributed by atoms with Crippen molar-refractivity contribution in [1.82, 2.24) is 14.8 Å². The SMILES string of the molecule is CCn1c(CCCOc2ccc(Cl)cc2Cl)nnc1SCC(=O)Nc1scc(-c2ccc(C)cc2)c1C(=O)OC. The number of nitrogens with one attached hydrogen (secondary N) is 1. The molecule has 2 heterocycles. The zero-order valence-corrected chi connectivity index (χ0v) is 25.3. The van der Waals surface area contributed by atoms with Crippen LogP contribution >= 0.6 is 46.3 Å². The lowest BCUT2D eigenvalue weighted by Gasteiger charge is -2.10. The number of aromatic nitrogens is 3. The first-order valence-electron chi connectivity index (χ1n) is 12.5. The van der Waals surface area contributed by atoms with E-state index in [2.05, 4.69) is 15.5 Å². The molecule has 40 heavy (non-hydrogen) atoms. The quantitative estimate of drug-likeness (QED) is 0.102. The number of nitrogens with zero attached hydrogens (tertiary/aromatic N) is 3. The van der Waals surface area contributed by atoms with Crippen LogP contribution in [0.15, 0.2) is 53.0 Å². The molecule has 4 aromatic rings. The summed E-state index contributed by atoms with van der Waals surface area (Å²) in [4.78, 5) is 25.5. The molecule has 0 radical (unpaired) electrons. The van der Waals surface area contributed by atoms with E-state index in [0.717, 1.165) is 22.5 Å². The molecule has 0 atom stereocenters. The van der Waals surface area contributed by atoms with Gasteiger partial charge in [-0.2, -0.15) is 0 Å². The van der Waals surface area contributed by atoms with Gasteiger partial charge in [0.1, 0.15) is 22.1 Å². The van der Waals surface area contributed by atoms with E-state index in [4.69, 9.17) is 32.7 Å². The first kappa shape index (κ1) is 29.9. The van der Waals surface area contributed by atoms with Crippen molar-refractivity contribution in [3.05, 3.63) is 74.8 Å². The molecular formula is C28H28Cl2N4O4S2. The van der Waals surface area contributed by atoms with Gasteiger partial charge in [0.15, 0.2) is 5.16 Å². The number of halogens is 2. The van der Waals surface area contributed by atoms with Crippen LogP contribution in [0.25, 0.3) is 11.1 Å². The lowest BCUT2D eigenvalue weighted by atomic mass is 10.0. The standard InChI is InChI=1S/C28H28Cl2N4O4S2/c1-4-34-23(6-5-13-38-22-12-11-19(29)14-21(22)30)32-33-28(34)40-16-24(35)31-26-25(27(36)37-3)20(15-39-26)18-9-7-17(2)8-10-18/h7-12,14-15H,4-6,13,16H2,1-3H3,(H,31,35). The van der Waals surface area contributed by atoms with Crippen LogP contribution < -0.4 is 10.1 Å². The van der Waals surface area contributed by atoms with E-state index < -0.39 is 5.97 Å². The monoisotopic (exact) mass is 618 g/mol. The van der Waals surface area contributed by atoms with Crippen molar-refractivity contribution in [1.29, 1.82) is 0 Å². The van der Waals surface area contributed by atoms with Gasteiger partial charge < -0.3 is 19.4 Å². The number of hydrogen-bond donors (Lipinski definition) is 1. The number of amides is 1. The number of anilines is 1. The molecule has 1 amide bonds. The molecule has 8 nitrogen and oxygen atoms in total. The van der Waals surface area contributed by atoms with Crippen molar-refractivity contribution in [3.63, 3.8) is 0 Å². The summed E-state index contributed by atoms with van der Waals surface area (Å²) in [6.07, 6.45) is 1.36. The molecule has 12 heteroatoms.